The molecule has 2 N–H and O–H groups in total. The molecule has 3 amide bonds. The van der Waals surface area contributed by atoms with Gasteiger partial charge in [0.25, 0.3) is 0 Å². The third-order valence-electron chi connectivity index (χ3n) is 5.25. The first-order valence-corrected chi connectivity index (χ1v) is 9.54. The van der Waals surface area contributed by atoms with Gasteiger partial charge in [0.05, 0.1) is 5.92 Å². The highest BCUT2D eigenvalue weighted by Gasteiger charge is 2.39. The zero-order chi connectivity index (χ0) is 19.6. The van der Waals surface area contributed by atoms with E-state index in [1.807, 2.05) is 19.9 Å². The number of nitrogens with zero attached hydrogens (tertiary/aromatic N) is 2. The van der Waals surface area contributed by atoms with E-state index in [1.165, 1.54) is 0 Å². The van der Waals surface area contributed by atoms with Crippen LogP contribution in [0.4, 0.5) is 10.5 Å². The lowest BCUT2D eigenvalue weighted by molar-refractivity contribution is -0.138. The minimum atomic E-state index is -0.920. The number of fused-ring (bicyclic) bond motifs is 1. The van der Waals surface area contributed by atoms with E-state index in [-0.39, 0.29) is 24.4 Å². The number of anilines is 1. The van der Waals surface area contributed by atoms with E-state index in [0.29, 0.717) is 43.2 Å². The van der Waals surface area contributed by atoms with E-state index in [1.54, 1.807) is 28.0 Å². The Bertz CT molecular complexity index is 734. The molecule has 0 aliphatic carbocycles. The highest BCUT2D eigenvalue weighted by molar-refractivity contribution is 6.00. The molecule has 0 bridgehead atoms. The number of hydrogen-bond donors (Lipinski definition) is 2. The normalized spacial score (nSPS) is 21.9. The summed E-state index contributed by atoms with van der Waals surface area (Å²) in [7, 11) is 0. The van der Waals surface area contributed by atoms with Crippen LogP contribution in [0.1, 0.15) is 38.2 Å². The molecule has 3 rings (SSSR count). The molecule has 1 saturated heterocycles. The quantitative estimate of drug-likeness (QED) is 0.847. The van der Waals surface area contributed by atoms with Gasteiger partial charge in [-0.05, 0) is 30.4 Å². The number of aliphatic carboxylic acids is 1. The number of benzene rings is 1. The van der Waals surface area contributed by atoms with Crippen LogP contribution in [0.15, 0.2) is 24.3 Å². The molecule has 2 atom stereocenters. The van der Waals surface area contributed by atoms with E-state index < -0.39 is 11.9 Å². The van der Waals surface area contributed by atoms with Gasteiger partial charge in [-0.15, -0.1) is 0 Å². The van der Waals surface area contributed by atoms with Crippen LogP contribution >= 0.6 is 0 Å². The third kappa shape index (κ3) is 4.07. The number of likely N-dealkylation sites (tertiary alicyclic amines) is 1. The second kappa shape index (κ2) is 7.98. The molecule has 0 radical (unpaired) electrons. The van der Waals surface area contributed by atoms with E-state index in [4.69, 9.17) is 0 Å². The Morgan fingerprint density at radius 3 is 2.67 bits per heavy atom. The fraction of sp³-hybridized carbons (Fsp3) is 0.550. The van der Waals surface area contributed by atoms with Crippen molar-refractivity contribution in [3.05, 3.63) is 29.8 Å². The van der Waals surface area contributed by atoms with Crippen molar-refractivity contribution in [3.8, 4) is 0 Å². The zero-order valence-electron chi connectivity index (χ0n) is 15.9. The summed E-state index contributed by atoms with van der Waals surface area (Å²) in [6, 6.07) is 7.05. The molecule has 2 aliphatic rings. The summed E-state index contributed by atoms with van der Waals surface area (Å²) in [5.74, 6) is -1.64. The molecule has 2 unspecified atom stereocenters. The van der Waals surface area contributed by atoms with Crippen LogP contribution in [-0.4, -0.2) is 54.1 Å². The standard InChI is InChI=1S/C20H27N3O4/c1-13(2)10-21-20(27)22-9-5-6-14(11-22)18(24)23-12-16(19(25)26)15-7-3-4-8-17(15)23/h3-4,7-8,13-14,16H,5-6,9-12H2,1-2H3,(H,21,27)(H,25,26). The van der Waals surface area contributed by atoms with Gasteiger partial charge < -0.3 is 20.2 Å². The maximum Gasteiger partial charge on any atom is 0.317 e. The number of rotatable bonds is 4. The molecule has 0 saturated carbocycles. The molecular formula is C20H27N3O4. The van der Waals surface area contributed by atoms with Crippen molar-refractivity contribution in [2.24, 2.45) is 11.8 Å². The lowest BCUT2D eigenvalue weighted by Gasteiger charge is -2.34. The number of piperidine rings is 1. The first-order valence-electron chi connectivity index (χ1n) is 9.54. The van der Waals surface area contributed by atoms with Gasteiger partial charge in [0.15, 0.2) is 0 Å². The molecule has 27 heavy (non-hydrogen) atoms. The van der Waals surface area contributed by atoms with Crippen molar-refractivity contribution in [2.45, 2.75) is 32.6 Å². The summed E-state index contributed by atoms with van der Waals surface area (Å²) in [5.41, 5.74) is 1.36. The summed E-state index contributed by atoms with van der Waals surface area (Å²) in [6.45, 7) is 5.84. The van der Waals surface area contributed by atoms with Crippen molar-refractivity contribution in [2.75, 3.05) is 31.1 Å². The van der Waals surface area contributed by atoms with Crippen LogP contribution in [0.2, 0.25) is 0 Å². The van der Waals surface area contributed by atoms with Crippen LogP contribution in [0, 0.1) is 11.8 Å². The first kappa shape index (κ1) is 19.2. The van der Waals surface area contributed by atoms with Gasteiger partial charge in [-0.1, -0.05) is 32.0 Å². The molecule has 0 spiro atoms. The van der Waals surface area contributed by atoms with Crippen LogP contribution in [0.3, 0.4) is 0 Å². The molecule has 1 aromatic carbocycles. The highest BCUT2D eigenvalue weighted by Crippen LogP contribution is 2.37. The Morgan fingerprint density at radius 1 is 1.22 bits per heavy atom. The fourth-order valence-corrected chi connectivity index (χ4v) is 3.81. The summed E-state index contributed by atoms with van der Waals surface area (Å²) in [5, 5.41) is 12.4. The van der Waals surface area contributed by atoms with Crippen LogP contribution < -0.4 is 10.2 Å². The Morgan fingerprint density at radius 2 is 1.96 bits per heavy atom. The Labute approximate surface area is 159 Å². The maximum absolute atomic E-state index is 13.1. The molecule has 0 aromatic heterocycles. The molecule has 1 aromatic rings. The first-order chi connectivity index (χ1) is 12.9. The fourth-order valence-electron chi connectivity index (χ4n) is 3.81. The van der Waals surface area contributed by atoms with Gasteiger partial charge in [-0.2, -0.15) is 0 Å². The third-order valence-corrected chi connectivity index (χ3v) is 5.25. The summed E-state index contributed by atoms with van der Waals surface area (Å²) in [4.78, 5) is 40.4. The SMILES string of the molecule is CC(C)CNC(=O)N1CCCC(C(=O)N2CC(C(=O)O)c3ccccc32)C1. The molecule has 7 nitrogen and oxygen atoms in total. The van der Waals surface area contributed by atoms with E-state index in [0.717, 1.165) is 6.42 Å². The number of urea groups is 1. The lowest BCUT2D eigenvalue weighted by Crippen LogP contribution is -2.50. The van der Waals surface area contributed by atoms with Crippen molar-refractivity contribution < 1.29 is 19.5 Å². The average molecular weight is 373 g/mol. The highest BCUT2D eigenvalue weighted by atomic mass is 16.4. The van der Waals surface area contributed by atoms with Gasteiger partial charge in [0.1, 0.15) is 5.92 Å². The predicted molar refractivity (Wildman–Crippen MR) is 102 cm³/mol. The summed E-state index contributed by atoms with van der Waals surface area (Å²) < 4.78 is 0. The molecule has 2 heterocycles. The average Bonchev–Trinajstić information content (AvgIpc) is 3.05. The van der Waals surface area contributed by atoms with E-state index >= 15 is 0 Å². The maximum atomic E-state index is 13.1. The zero-order valence-corrected chi connectivity index (χ0v) is 15.9. The largest absolute Gasteiger partial charge is 0.481 e. The van der Waals surface area contributed by atoms with Gasteiger partial charge in [-0.25, -0.2) is 4.79 Å². The molecule has 2 aliphatic heterocycles. The topological polar surface area (TPSA) is 90.0 Å². The number of carbonyl (C=O) groups excluding carboxylic acids is 2. The minimum Gasteiger partial charge on any atom is -0.481 e. The molecule has 146 valence electrons. The van der Waals surface area contributed by atoms with E-state index in [9.17, 15) is 19.5 Å². The summed E-state index contributed by atoms with van der Waals surface area (Å²) >= 11 is 0. The van der Waals surface area contributed by atoms with Crippen LogP contribution in [0.25, 0.3) is 0 Å². The molecule has 1 fully saturated rings. The number of para-hydroxylation sites is 1. The Hall–Kier alpha value is -2.57. The van der Waals surface area contributed by atoms with Crippen molar-refractivity contribution in [1.82, 2.24) is 10.2 Å². The smallest absolute Gasteiger partial charge is 0.317 e. The Kier molecular flexibility index (Phi) is 5.68. The predicted octanol–water partition coefficient (Wildman–Crippen LogP) is 2.28. The van der Waals surface area contributed by atoms with Gasteiger partial charge >= 0.3 is 12.0 Å². The van der Waals surface area contributed by atoms with Crippen LogP contribution in [0.5, 0.6) is 0 Å². The van der Waals surface area contributed by atoms with Gasteiger partial charge in [-0.3, -0.25) is 9.59 Å². The number of hydrogen-bond acceptors (Lipinski definition) is 3. The lowest BCUT2D eigenvalue weighted by atomic mass is 9.96. The second-order valence-electron chi connectivity index (χ2n) is 7.76. The number of nitrogens with one attached hydrogen (secondary N) is 1. The number of amides is 3. The second-order valence-corrected chi connectivity index (χ2v) is 7.76. The van der Waals surface area contributed by atoms with Gasteiger partial charge in [0.2, 0.25) is 5.91 Å². The van der Waals surface area contributed by atoms with E-state index in [2.05, 4.69) is 5.32 Å². The minimum absolute atomic E-state index is 0.0902. The van der Waals surface area contributed by atoms with Gasteiger partial charge in [0, 0.05) is 31.9 Å². The monoisotopic (exact) mass is 373 g/mol. The number of carboxylic acid groups (broad SMARTS) is 1. The summed E-state index contributed by atoms with van der Waals surface area (Å²) in [6.07, 6.45) is 1.48. The number of carbonyl (C=O) groups is 3. The van der Waals surface area contributed by atoms with Crippen molar-refractivity contribution in [1.29, 1.82) is 0 Å². The number of carboxylic acids is 1. The van der Waals surface area contributed by atoms with Crippen LogP contribution in [-0.2, 0) is 9.59 Å². The molecule has 7 heteroatoms. The Balaban J connectivity index is 1.70. The molecular weight excluding hydrogens is 346 g/mol. The van der Waals surface area contributed by atoms with Crippen molar-refractivity contribution >= 4 is 23.6 Å². The van der Waals surface area contributed by atoms with Crippen molar-refractivity contribution in [3.63, 3.8) is 0 Å².